The Labute approximate surface area is 145 Å². The van der Waals surface area contributed by atoms with Gasteiger partial charge in [0.2, 0.25) is 0 Å². The highest BCUT2D eigenvalue weighted by Crippen LogP contribution is 2.23. The highest BCUT2D eigenvalue weighted by molar-refractivity contribution is 5.32. The minimum atomic E-state index is -4.72. The summed E-state index contributed by atoms with van der Waals surface area (Å²) in [5, 5.41) is 18.3. The van der Waals surface area contributed by atoms with Crippen LogP contribution in [0, 0.1) is 13.8 Å². The van der Waals surface area contributed by atoms with Gasteiger partial charge in [-0.3, -0.25) is 0 Å². The Morgan fingerprint density at radius 2 is 2.04 bits per heavy atom. The molecule has 0 fully saturated rings. The van der Waals surface area contributed by atoms with Crippen LogP contribution in [0.15, 0.2) is 28.8 Å². The summed E-state index contributed by atoms with van der Waals surface area (Å²) in [4.78, 5) is 0. The van der Waals surface area contributed by atoms with Gasteiger partial charge >= 0.3 is 6.36 Å². The van der Waals surface area contributed by atoms with Gasteiger partial charge in [0.25, 0.3) is 5.88 Å². The number of aryl methyl sites for hydroxylation is 1. The number of aromatic nitrogens is 5. The first-order valence-corrected chi connectivity index (χ1v) is 7.59. The van der Waals surface area contributed by atoms with Crippen LogP contribution in [0.25, 0.3) is 5.88 Å². The van der Waals surface area contributed by atoms with Crippen LogP contribution in [-0.4, -0.2) is 31.7 Å². The van der Waals surface area contributed by atoms with Crippen molar-refractivity contribution >= 4 is 0 Å². The Balaban J connectivity index is 1.64. The molecule has 2 heterocycles. The smallest absolute Gasteiger partial charge is 0.406 e. The van der Waals surface area contributed by atoms with E-state index in [0.29, 0.717) is 23.8 Å². The molecule has 0 saturated heterocycles. The molecule has 138 valence electrons. The van der Waals surface area contributed by atoms with Gasteiger partial charge in [-0.05, 0) is 42.0 Å². The molecule has 0 radical (unpaired) electrons. The summed E-state index contributed by atoms with van der Waals surface area (Å²) in [6.45, 7) is 4.22. The van der Waals surface area contributed by atoms with Crippen LogP contribution in [0.4, 0.5) is 13.2 Å². The number of alkyl halides is 3. The van der Waals surface area contributed by atoms with Gasteiger partial charge in [0.05, 0.1) is 12.2 Å². The maximum Gasteiger partial charge on any atom is 0.573 e. The number of tetrazole rings is 1. The number of ether oxygens (including phenoxy) is 1. The maximum absolute atomic E-state index is 12.3. The molecule has 2 aromatic heterocycles. The average Bonchev–Trinajstić information content (AvgIpc) is 3.14. The summed E-state index contributed by atoms with van der Waals surface area (Å²) >= 11 is 0. The quantitative estimate of drug-likeness (QED) is 0.715. The number of rotatable bonds is 6. The molecule has 0 unspecified atom stereocenters. The van der Waals surface area contributed by atoms with E-state index in [0.717, 1.165) is 11.3 Å². The van der Waals surface area contributed by atoms with E-state index < -0.39 is 6.36 Å². The number of nitrogens with one attached hydrogen (secondary N) is 1. The zero-order chi connectivity index (χ0) is 18.7. The van der Waals surface area contributed by atoms with E-state index in [2.05, 4.69) is 30.7 Å². The maximum atomic E-state index is 12.3. The predicted molar refractivity (Wildman–Crippen MR) is 82.4 cm³/mol. The van der Waals surface area contributed by atoms with Gasteiger partial charge in [0.15, 0.2) is 5.82 Å². The van der Waals surface area contributed by atoms with E-state index in [1.165, 1.54) is 22.9 Å². The normalized spacial score (nSPS) is 11.7. The molecule has 3 rings (SSSR count). The van der Waals surface area contributed by atoms with Crippen LogP contribution in [-0.2, 0) is 13.1 Å². The fraction of sp³-hybridized carbons (Fsp3) is 0.333. The standard InChI is InChI=1S/C15H15F3N6O2/c1-9-10(2)21-26-14(9)24-13(20-22-23-24)8-19-7-11-4-3-5-12(6-11)25-15(16,17)18/h3-6,19H,7-8H2,1-2H3. The van der Waals surface area contributed by atoms with Crippen LogP contribution < -0.4 is 10.1 Å². The van der Waals surface area contributed by atoms with Crippen molar-refractivity contribution in [1.82, 2.24) is 30.7 Å². The number of hydrogen-bond acceptors (Lipinski definition) is 7. The van der Waals surface area contributed by atoms with Gasteiger partial charge in [-0.1, -0.05) is 17.3 Å². The van der Waals surface area contributed by atoms with Crippen LogP contribution in [0.1, 0.15) is 22.6 Å². The topological polar surface area (TPSA) is 90.9 Å². The molecule has 0 amide bonds. The third-order valence-electron chi connectivity index (χ3n) is 3.60. The second-order valence-electron chi connectivity index (χ2n) is 5.50. The fourth-order valence-electron chi connectivity index (χ4n) is 2.25. The van der Waals surface area contributed by atoms with Crippen LogP contribution in [0.2, 0.25) is 0 Å². The van der Waals surface area contributed by atoms with Crippen LogP contribution in [0.3, 0.4) is 0 Å². The first-order chi connectivity index (χ1) is 12.3. The van der Waals surface area contributed by atoms with Gasteiger partial charge < -0.3 is 14.6 Å². The van der Waals surface area contributed by atoms with E-state index >= 15 is 0 Å². The van der Waals surface area contributed by atoms with Crippen molar-refractivity contribution in [2.75, 3.05) is 0 Å². The molecule has 0 atom stereocenters. The third-order valence-corrected chi connectivity index (χ3v) is 3.60. The average molecular weight is 368 g/mol. The molecule has 3 aromatic rings. The Bertz CT molecular complexity index is 890. The van der Waals surface area contributed by atoms with Crippen molar-refractivity contribution in [2.24, 2.45) is 0 Å². The summed E-state index contributed by atoms with van der Waals surface area (Å²) in [6.07, 6.45) is -4.72. The summed E-state index contributed by atoms with van der Waals surface area (Å²) in [6, 6.07) is 5.73. The zero-order valence-corrected chi connectivity index (χ0v) is 13.9. The van der Waals surface area contributed by atoms with Crippen molar-refractivity contribution < 1.29 is 22.4 Å². The number of hydrogen-bond donors (Lipinski definition) is 1. The molecular formula is C15H15F3N6O2. The summed E-state index contributed by atoms with van der Waals surface area (Å²) in [7, 11) is 0. The molecule has 0 bridgehead atoms. The van der Waals surface area contributed by atoms with E-state index in [4.69, 9.17) is 4.52 Å². The molecule has 1 aromatic carbocycles. The van der Waals surface area contributed by atoms with Gasteiger partial charge in [-0.15, -0.1) is 18.3 Å². The lowest BCUT2D eigenvalue weighted by atomic mass is 10.2. The van der Waals surface area contributed by atoms with Gasteiger partial charge in [-0.25, -0.2) is 0 Å². The van der Waals surface area contributed by atoms with Gasteiger partial charge in [0, 0.05) is 12.1 Å². The Kier molecular flexibility index (Phi) is 4.89. The summed E-state index contributed by atoms with van der Waals surface area (Å²) < 4.78 is 47.4. The van der Waals surface area contributed by atoms with E-state index in [1.54, 1.807) is 13.0 Å². The molecule has 0 saturated carbocycles. The minimum absolute atomic E-state index is 0.269. The molecule has 26 heavy (non-hydrogen) atoms. The Hall–Kier alpha value is -2.95. The second kappa shape index (κ2) is 7.12. The Morgan fingerprint density at radius 1 is 1.23 bits per heavy atom. The lowest BCUT2D eigenvalue weighted by Gasteiger charge is -2.10. The molecular weight excluding hydrogens is 353 g/mol. The molecule has 8 nitrogen and oxygen atoms in total. The second-order valence-corrected chi connectivity index (χ2v) is 5.50. The molecule has 0 aliphatic heterocycles. The van der Waals surface area contributed by atoms with E-state index in [9.17, 15) is 13.2 Å². The van der Waals surface area contributed by atoms with E-state index in [1.807, 2.05) is 6.92 Å². The summed E-state index contributed by atoms with van der Waals surface area (Å²) in [5.41, 5.74) is 2.17. The molecule has 1 N–H and O–H groups in total. The van der Waals surface area contributed by atoms with Crippen LogP contribution >= 0.6 is 0 Å². The van der Waals surface area contributed by atoms with Crippen molar-refractivity contribution in [3.8, 4) is 11.6 Å². The first-order valence-electron chi connectivity index (χ1n) is 7.59. The first kappa shape index (κ1) is 17.9. The van der Waals surface area contributed by atoms with Crippen molar-refractivity contribution in [3.63, 3.8) is 0 Å². The molecule has 0 aliphatic rings. The lowest BCUT2D eigenvalue weighted by molar-refractivity contribution is -0.274. The largest absolute Gasteiger partial charge is 0.573 e. The highest BCUT2D eigenvalue weighted by atomic mass is 19.4. The molecule has 11 heteroatoms. The fourth-order valence-corrected chi connectivity index (χ4v) is 2.25. The third kappa shape index (κ3) is 4.17. The number of nitrogens with zero attached hydrogens (tertiary/aromatic N) is 5. The van der Waals surface area contributed by atoms with Crippen LogP contribution in [0.5, 0.6) is 5.75 Å². The highest BCUT2D eigenvalue weighted by Gasteiger charge is 2.31. The van der Waals surface area contributed by atoms with Crippen molar-refractivity contribution in [2.45, 2.75) is 33.3 Å². The molecule has 0 aliphatic carbocycles. The van der Waals surface area contributed by atoms with Crippen molar-refractivity contribution in [3.05, 3.63) is 46.9 Å². The predicted octanol–water partition coefficient (Wildman–Crippen LogP) is 2.46. The molecule has 0 spiro atoms. The SMILES string of the molecule is Cc1noc(-n2nnnc2CNCc2cccc(OC(F)(F)F)c2)c1C. The van der Waals surface area contributed by atoms with Gasteiger partial charge in [0.1, 0.15) is 5.75 Å². The number of benzene rings is 1. The minimum Gasteiger partial charge on any atom is -0.406 e. The number of halogens is 3. The summed E-state index contributed by atoms with van der Waals surface area (Å²) in [5.74, 6) is 0.631. The Morgan fingerprint density at radius 3 is 2.73 bits per heavy atom. The monoisotopic (exact) mass is 368 g/mol. The zero-order valence-electron chi connectivity index (χ0n) is 13.9. The lowest BCUT2D eigenvalue weighted by Crippen LogP contribution is -2.18. The van der Waals surface area contributed by atoms with E-state index in [-0.39, 0.29) is 12.3 Å². The van der Waals surface area contributed by atoms with Gasteiger partial charge in [-0.2, -0.15) is 4.68 Å². The van der Waals surface area contributed by atoms with Crippen molar-refractivity contribution in [1.29, 1.82) is 0 Å².